The Morgan fingerprint density at radius 2 is 1.71 bits per heavy atom. The second kappa shape index (κ2) is 5.50. The second-order valence-corrected chi connectivity index (χ2v) is 7.23. The van der Waals surface area contributed by atoms with E-state index in [9.17, 15) is 0 Å². The Bertz CT molecular complexity index is 247. The Hall–Kier alpha value is 0.270. The molecule has 1 N–H and O–H groups in total. The molecule has 3 fully saturated rings. The van der Waals surface area contributed by atoms with E-state index < -0.39 is 0 Å². The molecule has 17 heavy (non-hydrogen) atoms. The number of rotatable bonds is 4. The molecule has 2 saturated carbocycles. The van der Waals surface area contributed by atoms with E-state index in [2.05, 4.69) is 28.2 Å². The van der Waals surface area contributed by atoms with Crippen molar-refractivity contribution in [3.63, 3.8) is 0 Å². The van der Waals surface area contributed by atoms with E-state index in [0.717, 1.165) is 23.4 Å². The summed E-state index contributed by atoms with van der Waals surface area (Å²) in [5.74, 6) is 0. The van der Waals surface area contributed by atoms with Gasteiger partial charge in [0.15, 0.2) is 0 Å². The molecule has 0 bridgehead atoms. The maximum atomic E-state index is 3.92. The van der Waals surface area contributed by atoms with Gasteiger partial charge in [0.25, 0.3) is 0 Å². The predicted octanol–water partition coefficient (Wildman–Crippen LogP) is 2.49. The van der Waals surface area contributed by atoms with Crippen molar-refractivity contribution in [2.24, 2.45) is 0 Å². The van der Waals surface area contributed by atoms with Gasteiger partial charge < -0.3 is 5.32 Å². The van der Waals surface area contributed by atoms with E-state index in [1.165, 1.54) is 58.0 Å². The summed E-state index contributed by atoms with van der Waals surface area (Å²) >= 11 is 2.07. The summed E-state index contributed by atoms with van der Waals surface area (Å²) in [7, 11) is 0. The van der Waals surface area contributed by atoms with E-state index in [-0.39, 0.29) is 0 Å². The largest absolute Gasteiger partial charge is 0.310 e. The second-order valence-electron chi connectivity index (χ2n) is 6.09. The van der Waals surface area contributed by atoms with Gasteiger partial charge in [-0.1, -0.05) is 0 Å². The van der Waals surface area contributed by atoms with Gasteiger partial charge in [0.05, 0.1) is 0 Å². The van der Waals surface area contributed by atoms with Crippen molar-refractivity contribution in [1.29, 1.82) is 0 Å². The molecule has 1 atom stereocenters. The van der Waals surface area contributed by atoms with E-state index in [0.29, 0.717) is 0 Å². The van der Waals surface area contributed by atoms with Crippen LogP contribution in [-0.4, -0.2) is 47.6 Å². The van der Waals surface area contributed by atoms with E-state index >= 15 is 0 Å². The average molecular weight is 254 g/mol. The van der Waals surface area contributed by atoms with Gasteiger partial charge in [0.2, 0.25) is 0 Å². The Morgan fingerprint density at radius 1 is 0.941 bits per heavy atom. The van der Waals surface area contributed by atoms with Gasteiger partial charge in [0, 0.05) is 36.5 Å². The van der Waals surface area contributed by atoms with Crippen LogP contribution in [0.1, 0.15) is 44.9 Å². The van der Waals surface area contributed by atoms with Crippen LogP contribution in [0.4, 0.5) is 0 Å². The van der Waals surface area contributed by atoms with Crippen LogP contribution < -0.4 is 5.32 Å². The molecule has 0 aromatic rings. The van der Waals surface area contributed by atoms with Crippen LogP contribution in [0.5, 0.6) is 0 Å². The van der Waals surface area contributed by atoms with Crippen molar-refractivity contribution >= 4 is 11.8 Å². The summed E-state index contributed by atoms with van der Waals surface area (Å²) in [5, 5.41) is 4.87. The Labute approximate surface area is 110 Å². The number of hydrogen-bond acceptors (Lipinski definition) is 3. The lowest BCUT2D eigenvalue weighted by molar-refractivity contribution is 0.298. The fourth-order valence-corrected chi connectivity index (χ4v) is 4.24. The van der Waals surface area contributed by atoms with Gasteiger partial charge in [-0.05, 0) is 51.2 Å². The molecule has 0 radical (unpaired) electrons. The van der Waals surface area contributed by atoms with Gasteiger partial charge in [0.1, 0.15) is 0 Å². The molecule has 1 unspecified atom stereocenters. The van der Waals surface area contributed by atoms with Crippen LogP contribution in [0, 0.1) is 0 Å². The minimum Gasteiger partial charge on any atom is -0.310 e. The van der Waals surface area contributed by atoms with Gasteiger partial charge in [-0.15, -0.1) is 0 Å². The number of likely N-dealkylation sites (tertiary alicyclic amines) is 1. The van der Waals surface area contributed by atoms with Crippen LogP contribution >= 0.6 is 11.8 Å². The quantitative estimate of drug-likeness (QED) is 0.830. The maximum Gasteiger partial charge on any atom is 0.0209 e. The molecule has 2 nitrogen and oxygen atoms in total. The van der Waals surface area contributed by atoms with Crippen molar-refractivity contribution in [2.45, 2.75) is 68.3 Å². The minimum atomic E-state index is 0.798. The van der Waals surface area contributed by atoms with E-state index in [4.69, 9.17) is 0 Å². The molecule has 2 aliphatic carbocycles. The van der Waals surface area contributed by atoms with Crippen molar-refractivity contribution in [1.82, 2.24) is 10.2 Å². The summed E-state index contributed by atoms with van der Waals surface area (Å²) in [6.45, 7) is 2.68. The van der Waals surface area contributed by atoms with E-state index in [1.54, 1.807) is 0 Å². The van der Waals surface area contributed by atoms with Gasteiger partial charge in [-0.2, -0.15) is 11.8 Å². The number of nitrogens with one attached hydrogen (secondary N) is 1. The normalized spacial score (nSPS) is 39.7. The van der Waals surface area contributed by atoms with Crippen LogP contribution in [0.3, 0.4) is 0 Å². The highest BCUT2D eigenvalue weighted by molar-refractivity contribution is 7.99. The molecule has 1 aliphatic heterocycles. The van der Waals surface area contributed by atoms with Crippen molar-refractivity contribution < 1.29 is 0 Å². The molecule has 3 rings (SSSR count). The summed E-state index contributed by atoms with van der Waals surface area (Å²) in [4.78, 5) is 2.71. The number of hydrogen-bond donors (Lipinski definition) is 1. The SMILES string of the molecule is CSC1CCC(NC2CCN(C3CC3)C2)CC1. The molecule has 0 amide bonds. The number of thioether (sulfide) groups is 1. The third-order valence-corrected chi connectivity index (χ3v) is 5.90. The average Bonchev–Trinajstić information content (AvgIpc) is 3.12. The van der Waals surface area contributed by atoms with Crippen LogP contribution in [0.15, 0.2) is 0 Å². The molecule has 0 aromatic heterocycles. The topological polar surface area (TPSA) is 15.3 Å². The van der Waals surface area contributed by atoms with Crippen LogP contribution in [-0.2, 0) is 0 Å². The molecule has 0 spiro atoms. The van der Waals surface area contributed by atoms with Gasteiger partial charge in [-0.25, -0.2) is 0 Å². The highest BCUT2D eigenvalue weighted by Gasteiger charge is 2.35. The summed E-state index contributed by atoms with van der Waals surface area (Å²) in [5.41, 5.74) is 0. The Morgan fingerprint density at radius 3 is 2.35 bits per heavy atom. The Balaban J connectivity index is 1.39. The smallest absolute Gasteiger partial charge is 0.0209 e. The molecule has 1 saturated heterocycles. The number of nitrogens with zero attached hydrogens (tertiary/aromatic N) is 1. The first-order chi connectivity index (χ1) is 8.35. The zero-order valence-corrected chi connectivity index (χ0v) is 11.8. The highest BCUT2D eigenvalue weighted by atomic mass is 32.2. The first kappa shape index (κ1) is 12.3. The molecule has 0 aromatic carbocycles. The third-order valence-electron chi connectivity index (χ3n) is 4.76. The lowest BCUT2D eigenvalue weighted by Crippen LogP contribution is -2.42. The molecule has 1 heterocycles. The maximum absolute atomic E-state index is 3.92. The molecule has 98 valence electrons. The molecular weight excluding hydrogens is 228 g/mol. The lowest BCUT2D eigenvalue weighted by atomic mass is 9.94. The molecular formula is C14H26N2S. The highest BCUT2D eigenvalue weighted by Crippen LogP contribution is 2.31. The fourth-order valence-electron chi connectivity index (χ4n) is 3.49. The van der Waals surface area contributed by atoms with Gasteiger partial charge >= 0.3 is 0 Å². The summed E-state index contributed by atoms with van der Waals surface area (Å²) < 4.78 is 0. The Kier molecular flexibility index (Phi) is 3.98. The standard InChI is InChI=1S/C14H26N2S/c1-17-14-6-2-11(3-7-14)15-12-8-9-16(10-12)13-4-5-13/h11-15H,2-10H2,1H3. The van der Waals surface area contributed by atoms with Gasteiger partial charge in [-0.3, -0.25) is 4.90 Å². The van der Waals surface area contributed by atoms with Crippen LogP contribution in [0.2, 0.25) is 0 Å². The third kappa shape index (κ3) is 3.18. The molecule has 3 heteroatoms. The zero-order chi connectivity index (χ0) is 11.7. The van der Waals surface area contributed by atoms with E-state index in [1.807, 2.05) is 0 Å². The van der Waals surface area contributed by atoms with Crippen molar-refractivity contribution in [3.05, 3.63) is 0 Å². The monoisotopic (exact) mass is 254 g/mol. The van der Waals surface area contributed by atoms with Crippen molar-refractivity contribution in [3.8, 4) is 0 Å². The summed E-state index contributed by atoms with van der Waals surface area (Å²) in [6.07, 6.45) is 12.3. The summed E-state index contributed by atoms with van der Waals surface area (Å²) in [6, 6.07) is 2.59. The lowest BCUT2D eigenvalue weighted by Gasteiger charge is -2.30. The first-order valence-corrected chi connectivity index (χ1v) is 8.67. The molecule has 3 aliphatic rings. The fraction of sp³-hybridized carbons (Fsp3) is 1.00. The first-order valence-electron chi connectivity index (χ1n) is 7.38. The zero-order valence-electron chi connectivity index (χ0n) is 11.0. The predicted molar refractivity (Wildman–Crippen MR) is 75.7 cm³/mol. The van der Waals surface area contributed by atoms with Crippen LogP contribution in [0.25, 0.3) is 0 Å². The van der Waals surface area contributed by atoms with Crippen molar-refractivity contribution in [2.75, 3.05) is 19.3 Å². The minimum absolute atomic E-state index is 0.798.